The summed E-state index contributed by atoms with van der Waals surface area (Å²) in [6.07, 6.45) is 3.99. The standard InChI is InChI=1S/C11H11BrN2OS/c1-2-14-5-4-13-10(14)7-9(15)11-8(12)3-6-16-11/h3-6H,2,7H2,1H3. The van der Waals surface area contributed by atoms with Gasteiger partial charge in [0.2, 0.25) is 0 Å². The number of hydrogen-bond donors (Lipinski definition) is 0. The molecular formula is C11H11BrN2OS. The third-order valence-corrected chi connectivity index (χ3v) is 4.21. The fourth-order valence-corrected chi connectivity index (χ4v) is 3.04. The summed E-state index contributed by atoms with van der Waals surface area (Å²) >= 11 is 4.83. The van der Waals surface area contributed by atoms with Crippen molar-refractivity contribution < 1.29 is 4.79 Å². The van der Waals surface area contributed by atoms with Crippen LogP contribution in [0.3, 0.4) is 0 Å². The highest BCUT2D eigenvalue weighted by molar-refractivity contribution is 9.10. The van der Waals surface area contributed by atoms with Crippen LogP contribution in [0.25, 0.3) is 0 Å². The SMILES string of the molecule is CCn1ccnc1CC(=O)c1sccc1Br. The summed E-state index contributed by atoms with van der Waals surface area (Å²) in [5.41, 5.74) is 0. The lowest BCUT2D eigenvalue weighted by Gasteiger charge is -2.03. The summed E-state index contributed by atoms with van der Waals surface area (Å²) in [7, 11) is 0. The number of aromatic nitrogens is 2. The van der Waals surface area contributed by atoms with Gasteiger partial charge in [0.1, 0.15) is 5.82 Å². The van der Waals surface area contributed by atoms with Crippen LogP contribution >= 0.6 is 27.3 Å². The van der Waals surface area contributed by atoms with Crippen molar-refractivity contribution in [2.75, 3.05) is 0 Å². The van der Waals surface area contributed by atoms with Crippen molar-refractivity contribution in [3.05, 3.63) is 39.0 Å². The Hall–Kier alpha value is -0.940. The van der Waals surface area contributed by atoms with Crippen molar-refractivity contribution in [2.24, 2.45) is 0 Å². The van der Waals surface area contributed by atoms with Crippen LogP contribution in [0.4, 0.5) is 0 Å². The molecule has 0 aliphatic carbocycles. The number of nitrogens with zero attached hydrogens (tertiary/aromatic N) is 2. The maximum Gasteiger partial charge on any atom is 0.181 e. The van der Waals surface area contributed by atoms with Gasteiger partial charge in [-0.05, 0) is 34.3 Å². The van der Waals surface area contributed by atoms with E-state index in [0.29, 0.717) is 6.42 Å². The van der Waals surface area contributed by atoms with Gasteiger partial charge < -0.3 is 4.57 Å². The third-order valence-electron chi connectivity index (χ3n) is 2.33. The van der Waals surface area contributed by atoms with Crippen LogP contribution in [0.15, 0.2) is 28.3 Å². The van der Waals surface area contributed by atoms with Gasteiger partial charge in [0.25, 0.3) is 0 Å². The highest BCUT2D eigenvalue weighted by Gasteiger charge is 2.14. The van der Waals surface area contributed by atoms with E-state index in [2.05, 4.69) is 20.9 Å². The van der Waals surface area contributed by atoms with E-state index in [-0.39, 0.29) is 5.78 Å². The van der Waals surface area contributed by atoms with E-state index in [1.54, 1.807) is 6.20 Å². The number of carbonyl (C=O) groups excluding carboxylic acids is 1. The van der Waals surface area contributed by atoms with Crippen LogP contribution in [-0.4, -0.2) is 15.3 Å². The average molecular weight is 299 g/mol. The highest BCUT2D eigenvalue weighted by atomic mass is 79.9. The van der Waals surface area contributed by atoms with E-state index in [4.69, 9.17) is 0 Å². The van der Waals surface area contributed by atoms with Crippen molar-refractivity contribution in [1.29, 1.82) is 0 Å². The number of imidazole rings is 1. The predicted molar refractivity (Wildman–Crippen MR) is 68.0 cm³/mol. The van der Waals surface area contributed by atoms with Gasteiger partial charge >= 0.3 is 0 Å². The molecule has 0 saturated carbocycles. The first-order valence-electron chi connectivity index (χ1n) is 4.98. The monoisotopic (exact) mass is 298 g/mol. The summed E-state index contributed by atoms with van der Waals surface area (Å²) in [5, 5.41) is 1.91. The molecule has 2 aromatic heterocycles. The molecule has 0 amide bonds. The van der Waals surface area contributed by atoms with Gasteiger partial charge in [-0.25, -0.2) is 4.98 Å². The lowest BCUT2D eigenvalue weighted by molar-refractivity contribution is 0.0993. The van der Waals surface area contributed by atoms with Crippen molar-refractivity contribution >= 4 is 33.0 Å². The Morgan fingerprint density at radius 1 is 1.62 bits per heavy atom. The first-order chi connectivity index (χ1) is 7.72. The molecule has 16 heavy (non-hydrogen) atoms. The minimum Gasteiger partial charge on any atom is -0.335 e. The number of halogens is 1. The van der Waals surface area contributed by atoms with Gasteiger partial charge in [-0.1, -0.05) is 0 Å². The predicted octanol–water partition coefficient (Wildman–Crippen LogP) is 3.15. The number of aryl methyl sites for hydroxylation is 1. The zero-order valence-electron chi connectivity index (χ0n) is 8.81. The molecule has 0 aromatic carbocycles. The van der Waals surface area contributed by atoms with Crippen LogP contribution in [-0.2, 0) is 13.0 Å². The Bertz CT molecular complexity index is 504. The smallest absolute Gasteiger partial charge is 0.181 e. The summed E-state index contributed by atoms with van der Waals surface area (Å²) in [6.45, 7) is 2.88. The molecule has 2 rings (SSSR count). The Morgan fingerprint density at radius 2 is 2.44 bits per heavy atom. The lowest BCUT2D eigenvalue weighted by atomic mass is 10.2. The van der Waals surface area contributed by atoms with Gasteiger partial charge in [0.15, 0.2) is 5.78 Å². The van der Waals surface area contributed by atoms with Crippen molar-refractivity contribution in [2.45, 2.75) is 19.9 Å². The van der Waals surface area contributed by atoms with E-state index < -0.39 is 0 Å². The number of ketones is 1. The molecule has 0 bridgehead atoms. The van der Waals surface area contributed by atoms with Gasteiger partial charge in [-0.3, -0.25) is 4.79 Å². The Morgan fingerprint density at radius 3 is 3.06 bits per heavy atom. The van der Waals surface area contributed by atoms with Crippen LogP contribution in [0.1, 0.15) is 22.4 Å². The molecule has 0 unspecified atom stereocenters. The number of thiophene rings is 1. The average Bonchev–Trinajstić information content (AvgIpc) is 2.86. The minimum absolute atomic E-state index is 0.114. The van der Waals surface area contributed by atoms with E-state index >= 15 is 0 Å². The second kappa shape index (κ2) is 4.93. The second-order valence-corrected chi connectivity index (χ2v) is 5.10. The fraction of sp³-hybridized carbons (Fsp3) is 0.273. The lowest BCUT2D eigenvalue weighted by Crippen LogP contribution is -2.08. The zero-order valence-corrected chi connectivity index (χ0v) is 11.2. The minimum atomic E-state index is 0.114. The first kappa shape index (κ1) is 11.5. The number of hydrogen-bond acceptors (Lipinski definition) is 3. The maximum atomic E-state index is 12.0. The van der Waals surface area contributed by atoms with Gasteiger partial charge in [-0.2, -0.15) is 0 Å². The Kier molecular flexibility index (Phi) is 3.56. The third kappa shape index (κ3) is 2.25. The molecule has 0 aliphatic heterocycles. The summed E-state index contributed by atoms with van der Waals surface area (Å²) in [5.74, 6) is 0.940. The van der Waals surface area contributed by atoms with Crippen molar-refractivity contribution in [3.63, 3.8) is 0 Å². The molecule has 0 radical (unpaired) electrons. The molecule has 3 nitrogen and oxygen atoms in total. The van der Waals surface area contributed by atoms with Crippen LogP contribution in [0.2, 0.25) is 0 Å². The number of carbonyl (C=O) groups is 1. The fourth-order valence-electron chi connectivity index (χ4n) is 1.51. The van der Waals surface area contributed by atoms with Crippen LogP contribution in [0, 0.1) is 0 Å². The maximum absolute atomic E-state index is 12.0. The van der Waals surface area contributed by atoms with Gasteiger partial charge in [-0.15, -0.1) is 11.3 Å². The molecule has 0 spiro atoms. The highest BCUT2D eigenvalue weighted by Crippen LogP contribution is 2.24. The van der Waals surface area contributed by atoms with Crippen molar-refractivity contribution in [3.8, 4) is 0 Å². The number of rotatable bonds is 4. The van der Waals surface area contributed by atoms with E-state index in [1.807, 2.05) is 29.1 Å². The molecule has 0 aliphatic rings. The molecule has 2 aromatic rings. The number of Topliss-reactive ketones (excluding diaryl/α,β-unsaturated/α-hetero) is 1. The quantitative estimate of drug-likeness (QED) is 0.813. The Balaban J connectivity index is 2.17. The summed E-state index contributed by atoms with van der Waals surface area (Å²) in [4.78, 5) is 17.0. The normalized spacial score (nSPS) is 10.6. The Labute approximate surface area is 106 Å². The molecular weight excluding hydrogens is 288 g/mol. The molecule has 5 heteroatoms. The second-order valence-electron chi connectivity index (χ2n) is 3.33. The molecule has 0 N–H and O–H groups in total. The van der Waals surface area contributed by atoms with E-state index in [1.165, 1.54) is 11.3 Å². The van der Waals surface area contributed by atoms with Crippen LogP contribution < -0.4 is 0 Å². The van der Waals surface area contributed by atoms with E-state index in [9.17, 15) is 4.79 Å². The van der Waals surface area contributed by atoms with Crippen LogP contribution in [0.5, 0.6) is 0 Å². The first-order valence-corrected chi connectivity index (χ1v) is 6.65. The molecule has 0 fully saturated rings. The molecule has 0 atom stereocenters. The van der Waals surface area contributed by atoms with Crippen molar-refractivity contribution in [1.82, 2.24) is 9.55 Å². The topological polar surface area (TPSA) is 34.9 Å². The van der Waals surface area contributed by atoms with Gasteiger partial charge in [0, 0.05) is 23.4 Å². The van der Waals surface area contributed by atoms with E-state index in [0.717, 1.165) is 21.7 Å². The molecule has 84 valence electrons. The summed E-state index contributed by atoms with van der Waals surface area (Å²) < 4.78 is 2.86. The zero-order chi connectivity index (χ0) is 11.5. The van der Waals surface area contributed by atoms with Gasteiger partial charge in [0.05, 0.1) is 11.3 Å². The largest absolute Gasteiger partial charge is 0.335 e. The molecule has 2 heterocycles. The summed E-state index contributed by atoms with van der Waals surface area (Å²) in [6, 6.07) is 1.89. The molecule has 0 saturated heterocycles.